The molecule has 0 spiro atoms. The lowest BCUT2D eigenvalue weighted by Crippen LogP contribution is -2.42. The van der Waals surface area contributed by atoms with E-state index < -0.39 is 0 Å². The van der Waals surface area contributed by atoms with Crippen LogP contribution in [0, 0.1) is 6.92 Å². The van der Waals surface area contributed by atoms with Gasteiger partial charge in [-0.3, -0.25) is 0 Å². The molecule has 5 heteroatoms. The van der Waals surface area contributed by atoms with E-state index in [2.05, 4.69) is 53.0 Å². The number of nitrogens with zero attached hydrogens (tertiary/aromatic N) is 4. The van der Waals surface area contributed by atoms with Crippen molar-refractivity contribution in [2.24, 2.45) is 0 Å². The summed E-state index contributed by atoms with van der Waals surface area (Å²) < 4.78 is 0. The van der Waals surface area contributed by atoms with Crippen molar-refractivity contribution in [3.8, 4) is 0 Å². The number of rotatable bonds is 5. The molecule has 1 saturated heterocycles. The maximum Gasteiger partial charge on any atom is 0.225 e. The predicted molar refractivity (Wildman–Crippen MR) is 83.1 cm³/mol. The minimum atomic E-state index is 0.560. The van der Waals surface area contributed by atoms with Gasteiger partial charge in [-0.2, -0.15) is 0 Å². The lowest BCUT2D eigenvalue weighted by atomic mass is 10.0. The zero-order valence-electron chi connectivity index (χ0n) is 13.2. The van der Waals surface area contributed by atoms with Gasteiger partial charge in [0.2, 0.25) is 5.95 Å². The Labute approximate surface area is 122 Å². The molecule has 0 aliphatic carbocycles. The summed E-state index contributed by atoms with van der Waals surface area (Å²) in [5, 5.41) is 3.32. The van der Waals surface area contributed by atoms with Gasteiger partial charge >= 0.3 is 0 Å². The van der Waals surface area contributed by atoms with Gasteiger partial charge in [-0.1, -0.05) is 6.92 Å². The molecule has 2 heterocycles. The highest BCUT2D eigenvalue weighted by atomic mass is 15.3. The molecule has 0 unspecified atom stereocenters. The van der Waals surface area contributed by atoms with Crippen LogP contribution < -0.4 is 10.2 Å². The fourth-order valence-corrected chi connectivity index (χ4v) is 2.63. The summed E-state index contributed by atoms with van der Waals surface area (Å²) in [4.78, 5) is 13.9. The van der Waals surface area contributed by atoms with Gasteiger partial charge in [-0.25, -0.2) is 9.97 Å². The Hall–Kier alpha value is -1.20. The van der Waals surface area contributed by atoms with Crippen LogP contribution in [0.1, 0.15) is 31.0 Å². The van der Waals surface area contributed by atoms with Gasteiger partial charge in [-0.05, 0) is 46.4 Å². The lowest BCUT2D eigenvalue weighted by Gasteiger charge is -2.35. The van der Waals surface area contributed by atoms with Crippen LogP contribution in [-0.4, -0.2) is 54.6 Å². The number of hydrogen-bond acceptors (Lipinski definition) is 5. The van der Waals surface area contributed by atoms with Gasteiger partial charge in [0.05, 0.1) is 0 Å². The SMILES string of the molecule is CCNCc1cnc(N(C)C2CCN(C)CC2)nc1C. The van der Waals surface area contributed by atoms with E-state index in [1.165, 1.54) is 18.4 Å². The van der Waals surface area contributed by atoms with Crippen molar-refractivity contribution >= 4 is 5.95 Å². The van der Waals surface area contributed by atoms with E-state index in [0.717, 1.165) is 37.8 Å². The average molecular weight is 277 g/mol. The molecule has 1 N–H and O–H groups in total. The molecular weight excluding hydrogens is 250 g/mol. The molecule has 112 valence electrons. The number of likely N-dealkylation sites (tertiary alicyclic amines) is 1. The summed E-state index contributed by atoms with van der Waals surface area (Å²) in [6, 6.07) is 0.560. The molecule has 0 radical (unpaired) electrons. The first-order valence-corrected chi connectivity index (χ1v) is 7.56. The van der Waals surface area contributed by atoms with Crippen LogP contribution in [0.15, 0.2) is 6.20 Å². The monoisotopic (exact) mass is 277 g/mol. The minimum Gasteiger partial charge on any atom is -0.341 e. The number of aryl methyl sites for hydroxylation is 1. The molecule has 0 bridgehead atoms. The van der Waals surface area contributed by atoms with Crippen LogP contribution in [0.25, 0.3) is 0 Å². The summed E-state index contributed by atoms with van der Waals surface area (Å²) in [6.07, 6.45) is 4.34. The van der Waals surface area contributed by atoms with E-state index in [-0.39, 0.29) is 0 Å². The third-order valence-corrected chi connectivity index (χ3v) is 4.19. The largest absolute Gasteiger partial charge is 0.341 e. The van der Waals surface area contributed by atoms with Crippen molar-refractivity contribution in [1.82, 2.24) is 20.2 Å². The summed E-state index contributed by atoms with van der Waals surface area (Å²) in [7, 11) is 4.31. The smallest absolute Gasteiger partial charge is 0.225 e. The van der Waals surface area contributed by atoms with E-state index in [1.54, 1.807) is 0 Å². The normalized spacial score (nSPS) is 17.4. The van der Waals surface area contributed by atoms with Gasteiger partial charge in [0.1, 0.15) is 0 Å². The van der Waals surface area contributed by atoms with Crippen LogP contribution in [-0.2, 0) is 6.54 Å². The van der Waals surface area contributed by atoms with Crippen molar-refractivity contribution < 1.29 is 0 Å². The van der Waals surface area contributed by atoms with E-state index in [4.69, 9.17) is 0 Å². The molecule has 1 aromatic rings. The maximum absolute atomic E-state index is 4.68. The number of hydrogen-bond donors (Lipinski definition) is 1. The molecule has 2 rings (SSSR count). The minimum absolute atomic E-state index is 0.560. The van der Waals surface area contributed by atoms with Gasteiger partial charge in [0.15, 0.2) is 0 Å². The first-order valence-electron chi connectivity index (χ1n) is 7.56. The van der Waals surface area contributed by atoms with E-state index >= 15 is 0 Å². The average Bonchev–Trinajstić information content (AvgIpc) is 2.46. The number of anilines is 1. The zero-order valence-corrected chi connectivity index (χ0v) is 13.2. The third-order valence-electron chi connectivity index (χ3n) is 4.19. The zero-order chi connectivity index (χ0) is 14.5. The number of nitrogens with one attached hydrogen (secondary N) is 1. The van der Waals surface area contributed by atoms with Gasteiger partial charge in [0, 0.05) is 37.1 Å². The lowest BCUT2D eigenvalue weighted by molar-refractivity contribution is 0.252. The fourth-order valence-electron chi connectivity index (χ4n) is 2.63. The first-order chi connectivity index (χ1) is 9.61. The first kappa shape index (κ1) is 15.2. The number of piperidine rings is 1. The maximum atomic E-state index is 4.68. The standard InChI is InChI=1S/C15H27N5/c1-5-16-10-13-11-17-15(18-12(13)2)20(4)14-6-8-19(3)9-7-14/h11,14,16H,5-10H2,1-4H3. The van der Waals surface area contributed by atoms with Crippen molar-refractivity contribution in [2.45, 2.75) is 39.3 Å². The van der Waals surface area contributed by atoms with Gasteiger partial charge in [-0.15, -0.1) is 0 Å². The molecule has 0 amide bonds. The molecule has 1 fully saturated rings. The Morgan fingerprint density at radius 1 is 1.40 bits per heavy atom. The Kier molecular flexibility index (Phi) is 5.31. The summed E-state index contributed by atoms with van der Waals surface area (Å²) in [5.74, 6) is 0.859. The van der Waals surface area contributed by atoms with E-state index in [1.807, 2.05) is 6.20 Å². The van der Waals surface area contributed by atoms with Crippen LogP contribution in [0.4, 0.5) is 5.95 Å². The van der Waals surface area contributed by atoms with E-state index in [0.29, 0.717) is 6.04 Å². The molecular formula is C15H27N5. The second kappa shape index (κ2) is 6.99. The van der Waals surface area contributed by atoms with E-state index in [9.17, 15) is 0 Å². The fraction of sp³-hybridized carbons (Fsp3) is 0.733. The summed E-state index contributed by atoms with van der Waals surface area (Å²) in [6.45, 7) is 8.31. The molecule has 0 aromatic carbocycles. The highest BCUT2D eigenvalue weighted by Gasteiger charge is 2.22. The molecule has 1 aromatic heterocycles. The Bertz CT molecular complexity index is 426. The molecule has 0 atom stereocenters. The van der Waals surface area contributed by atoms with Gasteiger partial charge in [0.25, 0.3) is 0 Å². The molecule has 5 nitrogen and oxygen atoms in total. The predicted octanol–water partition coefficient (Wildman–Crippen LogP) is 1.42. The van der Waals surface area contributed by atoms with Crippen molar-refractivity contribution in [3.63, 3.8) is 0 Å². The van der Waals surface area contributed by atoms with Crippen LogP contribution in [0.2, 0.25) is 0 Å². The molecule has 0 saturated carbocycles. The molecule has 1 aliphatic heterocycles. The Balaban J connectivity index is 2.03. The number of aromatic nitrogens is 2. The second-order valence-corrected chi connectivity index (χ2v) is 5.71. The van der Waals surface area contributed by atoms with Gasteiger partial charge < -0.3 is 15.1 Å². The highest BCUT2D eigenvalue weighted by Crippen LogP contribution is 2.19. The molecule has 1 aliphatic rings. The van der Waals surface area contributed by atoms with Crippen molar-refractivity contribution in [2.75, 3.05) is 38.6 Å². The third kappa shape index (κ3) is 3.67. The van der Waals surface area contributed by atoms with Crippen LogP contribution >= 0.6 is 0 Å². The van der Waals surface area contributed by atoms with Crippen LogP contribution in [0.5, 0.6) is 0 Å². The summed E-state index contributed by atoms with van der Waals surface area (Å²) >= 11 is 0. The van der Waals surface area contributed by atoms with Crippen LogP contribution in [0.3, 0.4) is 0 Å². The molecule has 20 heavy (non-hydrogen) atoms. The Morgan fingerprint density at radius 2 is 2.10 bits per heavy atom. The Morgan fingerprint density at radius 3 is 2.70 bits per heavy atom. The highest BCUT2D eigenvalue weighted by molar-refractivity contribution is 5.33. The van der Waals surface area contributed by atoms with Crippen molar-refractivity contribution in [3.05, 3.63) is 17.5 Å². The topological polar surface area (TPSA) is 44.3 Å². The second-order valence-electron chi connectivity index (χ2n) is 5.71. The summed E-state index contributed by atoms with van der Waals surface area (Å²) in [5.41, 5.74) is 2.27. The quantitative estimate of drug-likeness (QED) is 0.882. The van der Waals surface area contributed by atoms with Crippen molar-refractivity contribution in [1.29, 1.82) is 0 Å².